The number of methoxy groups -OCH3 is 1. The fraction of sp³-hybridized carbons (Fsp3) is 0.435. The summed E-state index contributed by atoms with van der Waals surface area (Å²) in [7, 11) is 1.32. The number of H-pyrrole nitrogens is 1. The second-order valence-electron chi connectivity index (χ2n) is 7.91. The van der Waals surface area contributed by atoms with Gasteiger partial charge < -0.3 is 19.9 Å². The van der Waals surface area contributed by atoms with Crippen LogP contribution in [0.1, 0.15) is 56.1 Å². The zero-order valence-corrected chi connectivity index (χ0v) is 18.0. The summed E-state index contributed by atoms with van der Waals surface area (Å²) in [6.45, 7) is 6.93. The number of ether oxygens (including phenoxy) is 1. The normalized spacial score (nSPS) is 16.3. The van der Waals surface area contributed by atoms with E-state index >= 15 is 0 Å². The number of amides is 2. The molecule has 2 heterocycles. The number of aryl methyl sites for hydroxylation is 2. The van der Waals surface area contributed by atoms with Crippen LogP contribution in [0.3, 0.4) is 0 Å². The van der Waals surface area contributed by atoms with Gasteiger partial charge in [0.15, 0.2) is 0 Å². The lowest BCUT2D eigenvalue weighted by atomic mass is 9.96. The average Bonchev–Trinajstić information content (AvgIpc) is 3.05. The summed E-state index contributed by atoms with van der Waals surface area (Å²) in [6.07, 6.45) is 1.51. The van der Waals surface area contributed by atoms with E-state index in [0.717, 1.165) is 24.0 Å². The average molecular weight is 412 g/mol. The van der Waals surface area contributed by atoms with Crippen molar-refractivity contribution < 1.29 is 19.1 Å². The number of hydrogen-bond donors (Lipinski definition) is 2. The van der Waals surface area contributed by atoms with Crippen LogP contribution in [0, 0.1) is 26.7 Å². The lowest BCUT2D eigenvalue weighted by molar-refractivity contribution is -0.126. The minimum Gasteiger partial charge on any atom is -0.465 e. The van der Waals surface area contributed by atoms with Crippen molar-refractivity contribution in [3.63, 3.8) is 0 Å². The predicted octanol–water partition coefficient (Wildman–Crippen LogP) is 2.90. The summed E-state index contributed by atoms with van der Waals surface area (Å²) >= 11 is 0. The van der Waals surface area contributed by atoms with Crippen LogP contribution in [0.4, 0.5) is 0 Å². The largest absolute Gasteiger partial charge is 0.465 e. The maximum Gasteiger partial charge on any atom is 0.339 e. The van der Waals surface area contributed by atoms with Gasteiger partial charge in [-0.15, -0.1) is 0 Å². The van der Waals surface area contributed by atoms with E-state index in [1.165, 1.54) is 7.11 Å². The topological polar surface area (TPSA) is 91.5 Å². The van der Waals surface area contributed by atoms with Crippen molar-refractivity contribution in [2.24, 2.45) is 5.92 Å². The van der Waals surface area contributed by atoms with Gasteiger partial charge >= 0.3 is 5.97 Å². The summed E-state index contributed by atoms with van der Waals surface area (Å²) in [5, 5.41) is 3.00. The van der Waals surface area contributed by atoms with E-state index in [2.05, 4.69) is 10.3 Å². The first-order valence-electron chi connectivity index (χ1n) is 10.2. The fourth-order valence-electron chi connectivity index (χ4n) is 4.06. The van der Waals surface area contributed by atoms with E-state index in [4.69, 9.17) is 4.74 Å². The van der Waals surface area contributed by atoms with Gasteiger partial charge in [-0.2, -0.15) is 0 Å². The number of carbonyl (C=O) groups is 3. The standard InChI is InChI=1S/C23H29N3O4/c1-14-7-5-8-17(11-14)12-24-21(27)18-9-6-10-26(13-18)22(28)20-15(2)19(16(3)25-20)23(29)30-4/h5,7-8,11,18,25H,6,9-10,12-13H2,1-4H3,(H,24,27)/t18-/m1/s1. The number of esters is 1. The molecule has 30 heavy (non-hydrogen) atoms. The van der Waals surface area contributed by atoms with Crippen LogP contribution in [0.25, 0.3) is 0 Å². The molecule has 1 fully saturated rings. The van der Waals surface area contributed by atoms with E-state index in [1.54, 1.807) is 18.7 Å². The third-order valence-corrected chi connectivity index (χ3v) is 5.67. The van der Waals surface area contributed by atoms with Crippen molar-refractivity contribution in [2.45, 2.75) is 40.2 Å². The highest BCUT2D eigenvalue weighted by Crippen LogP contribution is 2.23. The Morgan fingerprint density at radius 3 is 2.70 bits per heavy atom. The van der Waals surface area contributed by atoms with E-state index in [-0.39, 0.29) is 17.7 Å². The molecule has 7 nitrogen and oxygen atoms in total. The maximum atomic E-state index is 13.1. The van der Waals surface area contributed by atoms with Crippen LogP contribution in [-0.2, 0) is 16.1 Å². The van der Waals surface area contributed by atoms with Gasteiger partial charge in [-0.3, -0.25) is 9.59 Å². The number of piperidine rings is 1. The van der Waals surface area contributed by atoms with Gasteiger partial charge in [-0.25, -0.2) is 4.79 Å². The number of nitrogens with one attached hydrogen (secondary N) is 2. The van der Waals surface area contributed by atoms with Crippen LogP contribution in [0.5, 0.6) is 0 Å². The van der Waals surface area contributed by atoms with Crippen molar-refractivity contribution in [1.82, 2.24) is 15.2 Å². The third-order valence-electron chi connectivity index (χ3n) is 5.67. The molecule has 0 bridgehead atoms. The first-order chi connectivity index (χ1) is 14.3. The van der Waals surface area contributed by atoms with E-state index in [1.807, 2.05) is 31.2 Å². The zero-order chi connectivity index (χ0) is 21.8. The smallest absolute Gasteiger partial charge is 0.339 e. The Balaban J connectivity index is 1.66. The predicted molar refractivity (Wildman–Crippen MR) is 113 cm³/mol. The maximum absolute atomic E-state index is 13.1. The van der Waals surface area contributed by atoms with Gasteiger partial charge in [-0.05, 0) is 44.7 Å². The summed E-state index contributed by atoms with van der Waals surface area (Å²) in [4.78, 5) is 42.5. The molecule has 1 aromatic heterocycles. The SMILES string of the molecule is COC(=O)c1c(C)[nH]c(C(=O)N2CCC[C@@H](C(=O)NCc3cccc(C)c3)C2)c1C. The summed E-state index contributed by atoms with van der Waals surface area (Å²) < 4.78 is 4.82. The number of benzene rings is 1. The number of hydrogen-bond acceptors (Lipinski definition) is 4. The Labute approximate surface area is 176 Å². The van der Waals surface area contributed by atoms with Gasteiger partial charge in [0.2, 0.25) is 5.91 Å². The quantitative estimate of drug-likeness (QED) is 0.740. The molecule has 1 atom stereocenters. The Bertz CT molecular complexity index is 963. The number of aromatic nitrogens is 1. The molecule has 2 aromatic rings. The lowest BCUT2D eigenvalue weighted by Gasteiger charge is -2.32. The molecule has 3 rings (SSSR count). The molecule has 1 aliphatic heterocycles. The minimum absolute atomic E-state index is 0.0383. The van der Waals surface area contributed by atoms with Crippen molar-refractivity contribution in [3.8, 4) is 0 Å². The van der Waals surface area contributed by atoms with Gasteiger partial charge in [0.05, 0.1) is 18.6 Å². The Hall–Kier alpha value is -3.09. The fourth-order valence-corrected chi connectivity index (χ4v) is 4.06. The molecule has 1 aliphatic rings. The van der Waals surface area contributed by atoms with E-state index in [0.29, 0.717) is 42.1 Å². The van der Waals surface area contributed by atoms with E-state index in [9.17, 15) is 14.4 Å². The number of likely N-dealkylation sites (tertiary alicyclic amines) is 1. The Kier molecular flexibility index (Phi) is 6.59. The minimum atomic E-state index is -0.465. The second-order valence-corrected chi connectivity index (χ2v) is 7.91. The van der Waals surface area contributed by atoms with Gasteiger partial charge in [-0.1, -0.05) is 29.8 Å². The van der Waals surface area contributed by atoms with Gasteiger partial charge in [0.1, 0.15) is 5.69 Å². The van der Waals surface area contributed by atoms with Crippen LogP contribution in [-0.4, -0.2) is 47.9 Å². The highest BCUT2D eigenvalue weighted by Gasteiger charge is 2.31. The molecule has 160 valence electrons. The molecule has 0 aliphatic carbocycles. The van der Waals surface area contributed by atoms with Crippen LogP contribution in [0.15, 0.2) is 24.3 Å². The molecule has 0 unspecified atom stereocenters. The number of carbonyl (C=O) groups excluding carboxylic acids is 3. The summed E-state index contributed by atoms with van der Waals surface area (Å²) in [6, 6.07) is 8.03. The first-order valence-corrected chi connectivity index (χ1v) is 10.2. The molecule has 0 spiro atoms. The molecule has 7 heteroatoms. The molecule has 1 saturated heterocycles. The number of rotatable bonds is 5. The van der Waals surface area contributed by atoms with E-state index < -0.39 is 5.97 Å². The molecule has 2 amide bonds. The van der Waals surface area contributed by atoms with Crippen molar-refractivity contribution in [1.29, 1.82) is 0 Å². The molecular formula is C23H29N3O4. The molecule has 1 aromatic carbocycles. The van der Waals surface area contributed by atoms with Crippen molar-refractivity contribution >= 4 is 17.8 Å². The van der Waals surface area contributed by atoms with Crippen molar-refractivity contribution in [2.75, 3.05) is 20.2 Å². The third kappa shape index (κ3) is 4.56. The molecule has 0 saturated carbocycles. The van der Waals surface area contributed by atoms with Crippen LogP contribution < -0.4 is 5.32 Å². The second kappa shape index (κ2) is 9.15. The van der Waals surface area contributed by atoms with Crippen molar-refractivity contribution in [3.05, 3.63) is 57.9 Å². The Morgan fingerprint density at radius 1 is 1.23 bits per heavy atom. The van der Waals surface area contributed by atoms with Crippen LogP contribution >= 0.6 is 0 Å². The Morgan fingerprint density at radius 2 is 2.00 bits per heavy atom. The molecule has 0 radical (unpaired) electrons. The van der Waals surface area contributed by atoms with Gasteiger partial charge in [0.25, 0.3) is 5.91 Å². The summed E-state index contributed by atoms with van der Waals surface area (Å²) in [5.41, 5.74) is 4.17. The summed E-state index contributed by atoms with van der Waals surface area (Å²) in [5.74, 6) is -0.943. The number of nitrogens with zero attached hydrogens (tertiary/aromatic N) is 1. The molecule has 2 N–H and O–H groups in total. The number of aromatic amines is 1. The van der Waals surface area contributed by atoms with Gasteiger partial charge in [0, 0.05) is 25.3 Å². The lowest BCUT2D eigenvalue weighted by Crippen LogP contribution is -2.45. The monoisotopic (exact) mass is 411 g/mol. The van der Waals surface area contributed by atoms with Crippen LogP contribution in [0.2, 0.25) is 0 Å². The highest BCUT2D eigenvalue weighted by atomic mass is 16.5. The highest BCUT2D eigenvalue weighted by molar-refractivity contribution is 6.00. The molecular weight excluding hydrogens is 382 g/mol. The zero-order valence-electron chi connectivity index (χ0n) is 18.0. The first kappa shape index (κ1) is 21.6.